The normalized spacial score (nSPS) is 19.0. The number of carbonyl (C=O) groups is 1. The summed E-state index contributed by atoms with van der Waals surface area (Å²) in [6.07, 6.45) is 6.25. The topological polar surface area (TPSA) is 60.1 Å². The minimum atomic E-state index is 0.00955. The molecule has 1 aliphatic carbocycles. The fraction of sp³-hybridized carbons (Fsp3) is 0.571. The van der Waals surface area contributed by atoms with E-state index in [-0.39, 0.29) is 17.5 Å². The number of aryl methyl sites for hydroxylation is 2. The quantitative estimate of drug-likeness (QED) is 0.837. The number of piperidine rings is 1. The van der Waals surface area contributed by atoms with Gasteiger partial charge in [-0.1, -0.05) is 31.0 Å². The molecule has 0 radical (unpaired) electrons. The Morgan fingerprint density at radius 2 is 1.74 bits per heavy atom. The number of aromatic nitrogens is 3. The highest BCUT2D eigenvalue weighted by Gasteiger charge is 2.31. The van der Waals surface area contributed by atoms with Crippen molar-refractivity contribution < 1.29 is 4.79 Å². The molecule has 2 fully saturated rings. The molecule has 0 atom stereocenters. The van der Waals surface area contributed by atoms with Crippen LogP contribution >= 0.6 is 0 Å². The molecule has 2 heterocycles. The molecule has 4 rings (SSSR count). The van der Waals surface area contributed by atoms with Crippen LogP contribution in [0.1, 0.15) is 72.2 Å². The first-order chi connectivity index (χ1) is 13.1. The van der Waals surface area contributed by atoms with Crippen molar-refractivity contribution >= 4 is 5.91 Å². The van der Waals surface area contributed by atoms with E-state index in [0.717, 1.165) is 42.6 Å². The predicted molar refractivity (Wildman–Crippen MR) is 104 cm³/mol. The average molecular weight is 368 g/mol. The number of nitrogens with zero attached hydrogens (tertiary/aromatic N) is 4. The van der Waals surface area contributed by atoms with Gasteiger partial charge >= 0.3 is 5.69 Å². The summed E-state index contributed by atoms with van der Waals surface area (Å²) in [5.41, 5.74) is 1.82. The Morgan fingerprint density at radius 3 is 2.41 bits per heavy atom. The summed E-state index contributed by atoms with van der Waals surface area (Å²) in [7, 11) is 1.74. The van der Waals surface area contributed by atoms with Crippen molar-refractivity contribution in [3.8, 4) is 0 Å². The predicted octanol–water partition coefficient (Wildman–Crippen LogP) is 3.03. The Kier molecular flexibility index (Phi) is 4.89. The van der Waals surface area contributed by atoms with Crippen molar-refractivity contribution in [3.05, 3.63) is 51.7 Å². The molecule has 0 unspecified atom stereocenters. The zero-order chi connectivity index (χ0) is 19.0. The van der Waals surface area contributed by atoms with Crippen molar-refractivity contribution in [1.82, 2.24) is 19.2 Å². The van der Waals surface area contributed by atoms with Crippen molar-refractivity contribution in [2.24, 2.45) is 7.05 Å². The summed E-state index contributed by atoms with van der Waals surface area (Å²) in [6, 6.07) is 8.06. The Bertz CT molecular complexity index is 884. The fourth-order valence-corrected chi connectivity index (χ4v) is 4.61. The van der Waals surface area contributed by atoms with Gasteiger partial charge in [-0.15, -0.1) is 0 Å². The highest BCUT2D eigenvalue weighted by atomic mass is 16.2. The smallest absolute Gasteiger partial charge is 0.339 e. The molecular formula is C21H28N4O2. The highest BCUT2D eigenvalue weighted by molar-refractivity contribution is 5.95. The number of hydrogen-bond donors (Lipinski definition) is 0. The summed E-state index contributed by atoms with van der Waals surface area (Å²) in [4.78, 5) is 27.4. The van der Waals surface area contributed by atoms with Crippen LogP contribution in [0.2, 0.25) is 0 Å². The van der Waals surface area contributed by atoms with Crippen LogP contribution in [-0.4, -0.2) is 38.2 Å². The summed E-state index contributed by atoms with van der Waals surface area (Å²) >= 11 is 0. The van der Waals surface area contributed by atoms with E-state index in [4.69, 9.17) is 0 Å². The molecular weight excluding hydrogens is 340 g/mol. The van der Waals surface area contributed by atoms with Gasteiger partial charge < -0.3 is 4.90 Å². The molecule has 27 heavy (non-hydrogen) atoms. The fourth-order valence-electron chi connectivity index (χ4n) is 4.61. The van der Waals surface area contributed by atoms with E-state index in [2.05, 4.69) is 5.10 Å². The second kappa shape index (κ2) is 7.33. The van der Waals surface area contributed by atoms with Gasteiger partial charge in [-0.25, -0.2) is 9.48 Å². The first-order valence-electron chi connectivity index (χ1n) is 10.1. The van der Waals surface area contributed by atoms with Gasteiger partial charge in [-0.2, -0.15) is 5.10 Å². The lowest BCUT2D eigenvalue weighted by atomic mass is 9.94. The van der Waals surface area contributed by atoms with E-state index < -0.39 is 0 Å². The van der Waals surface area contributed by atoms with Crippen LogP contribution in [0.4, 0.5) is 0 Å². The van der Waals surface area contributed by atoms with E-state index in [1.165, 1.54) is 17.5 Å². The molecule has 0 N–H and O–H groups in total. The number of amides is 1. The third-order valence-electron chi connectivity index (χ3n) is 6.19. The number of rotatable bonds is 3. The summed E-state index contributed by atoms with van der Waals surface area (Å²) in [6.45, 7) is 3.41. The van der Waals surface area contributed by atoms with Crippen LogP contribution < -0.4 is 5.69 Å². The third-order valence-corrected chi connectivity index (χ3v) is 6.19. The molecule has 1 amide bonds. The molecule has 0 spiro atoms. The van der Waals surface area contributed by atoms with Crippen LogP contribution in [0.15, 0.2) is 29.1 Å². The lowest BCUT2D eigenvalue weighted by Crippen LogP contribution is -2.39. The zero-order valence-electron chi connectivity index (χ0n) is 16.2. The first-order valence-corrected chi connectivity index (χ1v) is 10.1. The molecule has 1 saturated carbocycles. The SMILES string of the molecule is Cc1ccccc1C(=O)N1CCC(c2nn(C)c(=O)n2C2CCCC2)CC1. The monoisotopic (exact) mass is 368 g/mol. The lowest BCUT2D eigenvalue weighted by Gasteiger charge is -2.32. The summed E-state index contributed by atoms with van der Waals surface area (Å²) < 4.78 is 3.44. The van der Waals surface area contributed by atoms with Crippen LogP contribution in [0, 0.1) is 6.92 Å². The molecule has 6 heteroatoms. The van der Waals surface area contributed by atoms with Gasteiger partial charge in [0, 0.05) is 37.7 Å². The van der Waals surface area contributed by atoms with Gasteiger partial charge in [0.05, 0.1) is 0 Å². The van der Waals surface area contributed by atoms with E-state index in [1.54, 1.807) is 7.05 Å². The summed E-state index contributed by atoms with van der Waals surface area (Å²) in [5.74, 6) is 1.29. The molecule has 1 saturated heterocycles. The minimum absolute atomic E-state index is 0.00955. The maximum absolute atomic E-state index is 12.8. The van der Waals surface area contributed by atoms with Crippen molar-refractivity contribution in [2.45, 2.75) is 57.4 Å². The van der Waals surface area contributed by atoms with Crippen molar-refractivity contribution in [3.63, 3.8) is 0 Å². The van der Waals surface area contributed by atoms with E-state index in [0.29, 0.717) is 19.1 Å². The van der Waals surface area contributed by atoms with Crippen molar-refractivity contribution in [2.75, 3.05) is 13.1 Å². The molecule has 6 nitrogen and oxygen atoms in total. The number of benzene rings is 1. The summed E-state index contributed by atoms with van der Waals surface area (Å²) in [5, 5.41) is 4.58. The number of hydrogen-bond acceptors (Lipinski definition) is 3. The first kappa shape index (κ1) is 18.0. The van der Waals surface area contributed by atoms with Crippen LogP contribution in [0.3, 0.4) is 0 Å². The van der Waals surface area contributed by atoms with Gasteiger partial charge in [-0.3, -0.25) is 9.36 Å². The number of likely N-dealkylation sites (tertiary alicyclic amines) is 1. The average Bonchev–Trinajstić information content (AvgIpc) is 3.30. The van der Waals surface area contributed by atoms with Gasteiger partial charge in [0.2, 0.25) is 0 Å². The molecule has 1 aromatic heterocycles. The molecule has 1 aromatic carbocycles. The van der Waals surface area contributed by atoms with E-state index >= 15 is 0 Å². The molecule has 2 aliphatic rings. The van der Waals surface area contributed by atoms with Gasteiger partial charge in [0.15, 0.2) is 0 Å². The zero-order valence-corrected chi connectivity index (χ0v) is 16.2. The molecule has 144 valence electrons. The Labute approximate surface area is 159 Å². The van der Waals surface area contributed by atoms with E-state index in [1.807, 2.05) is 40.7 Å². The Morgan fingerprint density at radius 1 is 1.07 bits per heavy atom. The van der Waals surface area contributed by atoms with Gasteiger partial charge in [0.25, 0.3) is 5.91 Å². The van der Waals surface area contributed by atoms with Crippen LogP contribution in [0.5, 0.6) is 0 Å². The molecule has 0 bridgehead atoms. The van der Waals surface area contributed by atoms with Crippen LogP contribution in [0.25, 0.3) is 0 Å². The van der Waals surface area contributed by atoms with Gasteiger partial charge in [-0.05, 0) is 44.2 Å². The van der Waals surface area contributed by atoms with E-state index in [9.17, 15) is 9.59 Å². The van der Waals surface area contributed by atoms with Crippen LogP contribution in [-0.2, 0) is 7.05 Å². The number of carbonyl (C=O) groups excluding carboxylic acids is 1. The minimum Gasteiger partial charge on any atom is -0.339 e. The standard InChI is InChI=1S/C21H28N4O2/c1-15-7-3-6-10-18(15)20(26)24-13-11-16(12-14-24)19-22-23(2)21(27)25(19)17-8-4-5-9-17/h3,6-7,10,16-17H,4-5,8-9,11-14H2,1-2H3. The largest absolute Gasteiger partial charge is 0.345 e. The second-order valence-corrected chi connectivity index (χ2v) is 7.95. The molecule has 1 aliphatic heterocycles. The van der Waals surface area contributed by atoms with Crippen molar-refractivity contribution in [1.29, 1.82) is 0 Å². The third kappa shape index (κ3) is 3.33. The lowest BCUT2D eigenvalue weighted by molar-refractivity contribution is 0.0709. The highest BCUT2D eigenvalue weighted by Crippen LogP contribution is 2.33. The second-order valence-electron chi connectivity index (χ2n) is 7.95. The Balaban J connectivity index is 1.50. The maximum Gasteiger partial charge on any atom is 0.345 e. The molecule has 2 aromatic rings. The van der Waals surface area contributed by atoms with Gasteiger partial charge in [0.1, 0.15) is 5.82 Å². The Hall–Kier alpha value is -2.37. The maximum atomic E-state index is 12.8.